The second kappa shape index (κ2) is 8.84. The summed E-state index contributed by atoms with van der Waals surface area (Å²) in [5.41, 5.74) is 5.45. The third kappa shape index (κ3) is 3.74. The highest BCUT2D eigenvalue weighted by molar-refractivity contribution is 5.99. The van der Waals surface area contributed by atoms with E-state index in [0.717, 1.165) is 50.9 Å². The molecule has 1 aliphatic rings. The number of pyridine rings is 1. The van der Waals surface area contributed by atoms with Crippen LogP contribution in [0.5, 0.6) is 11.5 Å². The van der Waals surface area contributed by atoms with Crippen LogP contribution in [-0.4, -0.2) is 46.6 Å². The molecule has 0 bridgehead atoms. The van der Waals surface area contributed by atoms with Crippen LogP contribution >= 0.6 is 0 Å². The molecule has 0 saturated heterocycles. The molecule has 0 fully saturated rings. The maximum absolute atomic E-state index is 13.2. The molecule has 9 nitrogen and oxygen atoms in total. The Hall–Kier alpha value is -4.66. The lowest BCUT2D eigenvalue weighted by Crippen LogP contribution is -2.30. The summed E-state index contributed by atoms with van der Waals surface area (Å²) < 4.78 is 10.8. The van der Waals surface area contributed by atoms with Crippen molar-refractivity contribution in [2.45, 2.75) is 12.8 Å². The van der Waals surface area contributed by atoms with Gasteiger partial charge < -0.3 is 24.7 Å². The molecule has 4 heterocycles. The van der Waals surface area contributed by atoms with Crippen LogP contribution in [0.4, 0.5) is 17.2 Å². The van der Waals surface area contributed by atoms with Gasteiger partial charge in [-0.05, 0) is 53.9 Å². The number of carbonyl (C=O) groups is 1. The number of hydrogen-bond acceptors (Lipinski definition) is 7. The fourth-order valence-electron chi connectivity index (χ4n) is 4.78. The van der Waals surface area contributed by atoms with Crippen LogP contribution in [0.2, 0.25) is 0 Å². The summed E-state index contributed by atoms with van der Waals surface area (Å²) in [4.78, 5) is 31.3. The maximum Gasteiger partial charge on any atom is 0.231 e. The Kier molecular flexibility index (Phi) is 5.37. The number of amides is 1. The van der Waals surface area contributed by atoms with Crippen molar-refractivity contribution in [1.82, 2.24) is 19.9 Å². The van der Waals surface area contributed by atoms with Gasteiger partial charge in [-0.15, -0.1) is 0 Å². The SMILES string of the molecule is COc1cc2ncnc(Nc3ccc4c(c3)CCN4C(=O)Cc3c[nH]c4ncccc34)c2cc1OC. The Morgan fingerprint density at radius 3 is 2.78 bits per heavy atom. The molecule has 0 spiro atoms. The van der Waals surface area contributed by atoms with E-state index in [-0.39, 0.29) is 5.91 Å². The monoisotopic (exact) mass is 480 g/mol. The molecule has 5 aromatic rings. The molecule has 9 heteroatoms. The molecule has 0 atom stereocenters. The number of aromatic nitrogens is 4. The average molecular weight is 481 g/mol. The summed E-state index contributed by atoms with van der Waals surface area (Å²) in [6, 6.07) is 13.6. The van der Waals surface area contributed by atoms with E-state index in [4.69, 9.17) is 9.47 Å². The molecule has 3 aromatic heterocycles. The van der Waals surface area contributed by atoms with Gasteiger partial charge in [-0.1, -0.05) is 0 Å². The van der Waals surface area contributed by atoms with Crippen molar-refractivity contribution < 1.29 is 14.3 Å². The van der Waals surface area contributed by atoms with Gasteiger partial charge in [0.2, 0.25) is 5.91 Å². The number of aromatic amines is 1. The predicted molar refractivity (Wildman–Crippen MR) is 138 cm³/mol. The zero-order chi connectivity index (χ0) is 24.6. The van der Waals surface area contributed by atoms with Crippen LogP contribution in [-0.2, 0) is 17.6 Å². The summed E-state index contributed by atoms with van der Waals surface area (Å²) in [5, 5.41) is 5.21. The van der Waals surface area contributed by atoms with Crippen molar-refractivity contribution in [2.75, 3.05) is 31.0 Å². The summed E-state index contributed by atoms with van der Waals surface area (Å²) in [6.45, 7) is 0.658. The second-order valence-corrected chi connectivity index (χ2v) is 8.60. The van der Waals surface area contributed by atoms with Crippen molar-refractivity contribution in [2.24, 2.45) is 0 Å². The van der Waals surface area contributed by atoms with Gasteiger partial charge in [-0.3, -0.25) is 4.79 Å². The zero-order valence-corrected chi connectivity index (χ0v) is 19.9. The molecule has 0 aliphatic carbocycles. The van der Waals surface area contributed by atoms with Crippen molar-refractivity contribution in [3.8, 4) is 11.5 Å². The number of anilines is 3. The minimum atomic E-state index is 0.0713. The van der Waals surface area contributed by atoms with E-state index in [1.165, 1.54) is 6.33 Å². The van der Waals surface area contributed by atoms with E-state index in [1.807, 2.05) is 47.5 Å². The number of benzene rings is 2. The Balaban J connectivity index is 1.24. The van der Waals surface area contributed by atoms with E-state index in [0.29, 0.717) is 30.3 Å². The number of hydrogen-bond donors (Lipinski definition) is 2. The van der Waals surface area contributed by atoms with Crippen LogP contribution in [0.3, 0.4) is 0 Å². The molecule has 1 amide bonds. The highest BCUT2D eigenvalue weighted by Gasteiger charge is 2.25. The molecule has 2 aromatic carbocycles. The third-order valence-electron chi connectivity index (χ3n) is 6.56. The Labute approximate surface area is 207 Å². The van der Waals surface area contributed by atoms with Gasteiger partial charge in [-0.25, -0.2) is 15.0 Å². The number of rotatable bonds is 6. The molecule has 180 valence electrons. The lowest BCUT2D eigenvalue weighted by atomic mass is 10.1. The molecule has 2 N–H and O–H groups in total. The van der Waals surface area contributed by atoms with Gasteiger partial charge in [0.05, 0.1) is 26.2 Å². The van der Waals surface area contributed by atoms with Crippen LogP contribution in [0, 0.1) is 0 Å². The lowest BCUT2D eigenvalue weighted by molar-refractivity contribution is -0.117. The number of nitrogens with zero attached hydrogens (tertiary/aromatic N) is 4. The van der Waals surface area contributed by atoms with Gasteiger partial charge in [-0.2, -0.15) is 0 Å². The molecule has 0 saturated carbocycles. The van der Waals surface area contributed by atoms with Crippen molar-refractivity contribution in [3.05, 3.63) is 72.3 Å². The number of methoxy groups -OCH3 is 2. The Morgan fingerprint density at radius 1 is 1.06 bits per heavy atom. The van der Waals surface area contributed by atoms with Gasteiger partial charge in [0, 0.05) is 47.2 Å². The van der Waals surface area contributed by atoms with Gasteiger partial charge in [0.25, 0.3) is 0 Å². The second-order valence-electron chi connectivity index (χ2n) is 8.60. The highest BCUT2D eigenvalue weighted by atomic mass is 16.5. The number of H-pyrrole nitrogens is 1. The van der Waals surface area contributed by atoms with Crippen LogP contribution in [0.25, 0.3) is 21.9 Å². The average Bonchev–Trinajstić information content (AvgIpc) is 3.52. The van der Waals surface area contributed by atoms with E-state index in [1.54, 1.807) is 20.4 Å². The van der Waals surface area contributed by atoms with E-state index in [9.17, 15) is 4.79 Å². The number of nitrogens with one attached hydrogen (secondary N) is 2. The minimum Gasteiger partial charge on any atom is -0.493 e. The smallest absolute Gasteiger partial charge is 0.231 e. The van der Waals surface area contributed by atoms with Crippen molar-refractivity contribution in [3.63, 3.8) is 0 Å². The number of fused-ring (bicyclic) bond motifs is 3. The summed E-state index contributed by atoms with van der Waals surface area (Å²) in [6.07, 6.45) is 6.25. The predicted octanol–water partition coefficient (Wildman–Crippen LogP) is 4.40. The minimum absolute atomic E-state index is 0.0713. The van der Waals surface area contributed by atoms with E-state index >= 15 is 0 Å². The highest BCUT2D eigenvalue weighted by Crippen LogP contribution is 2.36. The Morgan fingerprint density at radius 2 is 1.92 bits per heavy atom. The van der Waals surface area contributed by atoms with Crippen LogP contribution in [0.1, 0.15) is 11.1 Å². The maximum atomic E-state index is 13.2. The van der Waals surface area contributed by atoms with E-state index < -0.39 is 0 Å². The van der Waals surface area contributed by atoms with Crippen molar-refractivity contribution >= 4 is 45.0 Å². The van der Waals surface area contributed by atoms with Gasteiger partial charge >= 0.3 is 0 Å². The standard InChI is InChI=1S/C27H24N6O3/c1-35-23-12-20-21(13-24(23)36-2)30-15-31-27(20)32-18-5-6-22-16(10-18)7-9-33(22)25(34)11-17-14-29-26-19(17)4-3-8-28-26/h3-6,8,10,12-15H,7,9,11H2,1-2H3,(H,28,29)(H,30,31,32). The molecule has 6 rings (SSSR count). The number of ether oxygens (including phenoxy) is 2. The first-order valence-corrected chi connectivity index (χ1v) is 11.6. The van der Waals surface area contributed by atoms with Gasteiger partial charge in [0.1, 0.15) is 17.8 Å². The third-order valence-corrected chi connectivity index (χ3v) is 6.56. The Bertz CT molecular complexity index is 1610. The fourth-order valence-corrected chi connectivity index (χ4v) is 4.78. The fraction of sp³-hybridized carbons (Fsp3) is 0.185. The molecule has 36 heavy (non-hydrogen) atoms. The molecule has 0 radical (unpaired) electrons. The quantitative estimate of drug-likeness (QED) is 0.371. The molecule has 0 unspecified atom stereocenters. The molecular weight excluding hydrogens is 456 g/mol. The zero-order valence-electron chi connectivity index (χ0n) is 19.9. The normalized spacial score (nSPS) is 12.7. The van der Waals surface area contributed by atoms with E-state index in [2.05, 4.69) is 31.3 Å². The van der Waals surface area contributed by atoms with Crippen molar-refractivity contribution in [1.29, 1.82) is 0 Å². The number of carbonyl (C=O) groups excluding carboxylic acids is 1. The molecule has 1 aliphatic heterocycles. The molecular formula is C27H24N6O3. The summed E-state index contributed by atoms with van der Waals surface area (Å²) in [7, 11) is 3.20. The first kappa shape index (κ1) is 21.8. The van der Waals surface area contributed by atoms with Crippen LogP contribution in [0.15, 0.2) is 61.2 Å². The summed E-state index contributed by atoms with van der Waals surface area (Å²) in [5.74, 6) is 1.96. The first-order chi connectivity index (χ1) is 17.6. The largest absolute Gasteiger partial charge is 0.493 e. The van der Waals surface area contributed by atoms with Gasteiger partial charge in [0.15, 0.2) is 11.5 Å². The van der Waals surface area contributed by atoms with Crippen LogP contribution < -0.4 is 19.7 Å². The lowest BCUT2D eigenvalue weighted by Gasteiger charge is -2.18. The topological polar surface area (TPSA) is 105 Å². The summed E-state index contributed by atoms with van der Waals surface area (Å²) >= 11 is 0. The first-order valence-electron chi connectivity index (χ1n) is 11.6.